The second-order valence-electron chi connectivity index (χ2n) is 11.2. The number of hydrogen-bond acceptors (Lipinski definition) is 12. The molecule has 0 bridgehead atoms. The van der Waals surface area contributed by atoms with Crippen molar-refractivity contribution < 1.29 is 49.0 Å². The maximum absolute atomic E-state index is 13.4. The Morgan fingerprint density at radius 3 is 2.49 bits per heavy atom. The summed E-state index contributed by atoms with van der Waals surface area (Å²) in [5.41, 5.74) is 5.74. The molecule has 2 aromatic heterocycles. The molecule has 2 aliphatic heterocycles. The molecule has 4 heterocycles. The molecule has 5 rings (SSSR count). The van der Waals surface area contributed by atoms with E-state index in [1.165, 1.54) is 48.2 Å². The highest BCUT2D eigenvalue weighted by atomic mass is 32.2. The first kappa shape index (κ1) is 33.2. The molecule has 1 fully saturated rings. The molecule has 47 heavy (non-hydrogen) atoms. The number of carbonyl (C=O) groups is 4. The van der Waals surface area contributed by atoms with Gasteiger partial charge in [-0.15, -0.1) is 23.1 Å². The molecule has 0 aliphatic carbocycles. The molecular weight excluding hydrogens is 651 g/mol. The minimum atomic E-state index is -1.75. The van der Waals surface area contributed by atoms with Crippen LogP contribution in [-0.2, 0) is 30.6 Å². The van der Waals surface area contributed by atoms with Crippen LogP contribution in [0.5, 0.6) is 11.5 Å². The molecule has 1 amide bonds. The van der Waals surface area contributed by atoms with Gasteiger partial charge in [0.25, 0.3) is 0 Å². The van der Waals surface area contributed by atoms with Crippen molar-refractivity contribution in [2.24, 2.45) is 11.1 Å². The number of benzene rings is 1. The standard InChI is InChI=1S/C31H29N5O9S2/c1-31(2,29(43)44)45-34-24(20-15-47-30(32)33-20)22(38)11-19-26(40)36-25(28(41)42)18(14-46-27(19)36)8-7-16-3-5-17(6-4-16)12-35-10-9-21(37)23(39)13-35/h3-10,13,15,19,27H,11-12,14H2,1-2H3,(H5,32,33,39,41,42,43,44)/p+1/b8-7?,34-24-/t19-,27-/m1/s1. The number of allylic oxidation sites excluding steroid dienone is 1. The predicted octanol–water partition coefficient (Wildman–Crippen LogP) is 2.60. The van der Waals surface area contributed by atoms with E-state index in [2.05, 4.69) is 10.1 Å². The fraction of sp³-hybridized carbons (Fsp3) is 0.258. The summed E-state index contributed by atoms with van der Waals surface area (Å²) in [5, 5.41) is 43.4. The fourth-order valence-corrected chi connectivity index (χ4v) is 6.73. The van der Waals surface area contributed by atoms with Gasteiger partial charge in [-0.3, -0.25) is 14.5 Å². The zero-order valence-electron chi connectivity index (χ0n) is 25.1. The summed E-state index contributed by atoms with van der Waals surface area (Å²) >= 11 is 2.37. The molecule has 0 unspecified atom stereocenters. The number of carbonyl (C=O) groups excluding carboxylic acids is 2. The molecule has 0 saturated carbocycles. The predicted molar refractivity (Wildman–Crippen MR) is 171 cm³/mol. The largest absolute Gasteiger partial charge is 0.504 e. The molecule has 0 spiro atoms. The van der Waals surface area contributed by atoms with Gasteiger partial charge in [0, 0.05) is 29.2 Å². The fourth-order valence-electron chi connectivity index (χ4n) is 4.80. The quantitative estimate of drug-likeness (QED) is 0.0807. The first-order chi connectivity index (χ1) is 22.2. The minimum Gasteiger partial charge on any atom is -0.504 e. The van der Waals surface area contributed by atoms with Crippen molar-refractivity contribution in [1.29, 1.82) is 0 Å². The van der Waals surface area contributed by atoms with Crippen LogP contribution >= 0.6 is 23.1 Å². The van der Waals surface area contributed by atoms with Crippen LogP contribution in [0.1, 0.15) is 37.1 Å². The molecule has 0 radical (unpaired) electrons. The van der Waals surface area contributed by atoms with Gasteiger partial charge in [-0.2, -0.15) is 4.57 Å². The van der Waals surface area contributed by atoms with Crippen molar-refractivity contribution in [3.63, 3.8) is 0 Å². The minimum absolute atomic E-state index is 0.0728. The molecule has 6 N–H and O–H groups in total. The first-order valence-corrected chi connectivity index (χ1v) is 16.0. The first-order valence-electron chi connectivity index (χ1n) is 14.1. The summed E-state index contributed by atoms with van der Waals surface area (Å²) in [6.45, 7) is 2.97. The molecule has 1 saturated heterocycles. The molecule has 2 aliphatic rings. The molecule has 16 heteroatoms. The van der Waals surface area contributed by atoms with Crippen molar-refractivity contribution in [1.82, 2.24) is 9.88 Å². The van der Waals surface area contributed by atoms with Gasteiger partial charge in [-0.25, -0.2) is 14.6 Å². The highest BCUT2D eigenvalue weighted by Crippen LogP contribution is 2.45. The average Bonchev–Trinajstić information content (AvgIpc) is 3.46. The normalized spacial score (nSPS) is 18.2. The lowest BCUT2D eigenvalue weighted by molar-refractivity contribution is -0.688. The third-order valence-corrected chi connectivity index (χ3v) is 9.45. The maximum atomic E-state index is 13.4. The van der Waals surface area contributed by atoms with Gasteiger partial charge in [-0.05, 0) is 25.0 Å². The Kier molecular flexibility index (Phi) is 9.35. The van der Waals surface area contributed by atoms with Gasteiger partial charge in [0.1, 0.15) is 11.4 Å². The number of thioether (sulfide) groups is 1. The number of Topliss-reactive ketones (excluding diaryl/α,β-unsaturated/α-hetero) is 1. The zero-order chi connectivity index (χ0) is 34.0. The number of aromatic hydroxyl groups is 2. The SMILES string of the molecule is CC(C)(O/N=C(\C(=O)C[C@@H]1C(=O)N2C(C(=O)O)=C(C=Cc3ccc(C[n+]4ccc(O)c(O)c4)cc3)CS[C@H]12)c1csc(N)n1)C(=O)O. The van der Waals surface area contributed by atoms with E-state index in [9.17, 15) is 39.6 Å². The third-order valence-electron chi connectivity index (χ3n) is 7.42. The van der Waals surface area contributed by atoms with Crippen LogP contribution in [0.25, 0.3) is 6.08 Å². The van der Waals surface area contributed by atoms with Gasteiger partial charge < -0.3 is 31.0 Å². The van der Waals surface area contributed by atoms with E-state index < -0.39 is 40.5 Å². The Bertz CT molecular complexity index is 1850. The summed E-state index contributed by atoms with van der Waals surface area (Å²) < 4.78 is 1.71. The second-order valence-corrected chi connectivity index (χ2v) is 13.2. The van der Waals surface area contributed by atoms with E-state index in [0.717, 1.165) is 22.5 Å². The Hall–Kier alpha value is -5.22. The van der Waals surface area contributed by atoms with Crippen LogP contribution in [-0.4, -0.2) is 76.4 Å². The molecule has 2 atom stereocenters. The van der Waals surface area contributed by atoms with Crippen molar-refractivity contribution in [3.8, 4) is 11.5 Å². The Labute approximate surface area is 276 Å². The van der Waals surface area contributed by atoms with E-state index in [0.29, 0.717) is 12.1 Å². The van der Waals surface area contributed by atoms with Crippen LogP contribution in [0, 0.1) is 5.92 Å². The van der Waals surface area contributed by atoms with Crippen molar-refractivity contribution in [2.75, 3.05) is 11.5 Å². The number of aromatic nitrogens is 2. The number of hydrogen-bond donors (Lipinski definition) is 5. The van der Waals surface area contributed by atoms with Crippen molar-refractivity contribution >= 4 is 63.6 Å². The van der Waals surface area contributed by atoms with Crippen LogP contribution in [0.3, 0.4) is 0 Å². The number of amides is 1. The number of aliphatic carboxylic acids is 2. The smallest absolute Gasteiger partial charge is 0.352 e. The van der Waals surface area contributed by atoms with E-state index in [4.69, 9.17) is 10.6 Å². The number of carboxylic acids is 2. The summed E-state index contributed by atoms with van der Waals surface area (Å²) in [5.74, 6) is -4.77. The Balaban J connectivity index is 1.29. The highest BCUT2D eigenvalue weighted by Gasteiger charge is 2.54. The number of rotatable bonds is 12. The topological polar surface area (TPSA) is 217 Å². The zero-order valence-corrected chi connectivity index (χ0v) is 26.7. The lowest BCUT2D eigenvalue weighted by atomic mass is 9.89. The summed E-state index contributed by atoms with van der Waals surface area (Å²) in [4.78, 5) is 60.9. The van der Waals surface area contributed by atoms with Gasteiger partial charge in [0.15, 0.2) is 35.1 Å². The number of β-lactam (4-membered cyclic amide) rings is 1. The van der Waals surface area contributed by atoms with E-state index in [1.54, 1.807) is 22.9 Å². The van der Waals surface area contributed by atoms with Crippen LogP contribution in [0.4, 0.5) is 5.13 Å². The number of nitrogen functional groups attached to an aromatic ring is 1. The number of anilines is 1. The molecular formula is C31H30N5O9S2+. The Morgan fingerprint density at radius 2 is 1.87 bits per heavy atom. The van der Waals surface area contributed by atoms with Crippen molar-refractivity contribution in [3.05, 3.63) is 82.3 Å². The number of thiazole rings is 1. The van der Waals surface area contributed by atoms with Crippen LogP contribution < -0.4 is 10.3 Å². The second kappa shape index (κ2) is 13.3. The van der Waals surface area contributed by atoms with Gasteiger partial charge in [-0.1, -0.05) is 41.6 Å². The number of nitrogens with zero attached hydrogens (tertiary/aromatic N) is 4. The highest BCUT2D eigenvalue weighted by molar-refractivity contribution is 8.00. The average molecular weight is 681 g/mol. The maximum Gasteiger partial charge on any atom is 0.352 e. The Morgan fingerprint density at radius 1 is 1.15 bits per heavy atom. The molecule has 1 aromatic carbocycles. The number of fused-ring (bicyclic) bond motifs is 1. The summed E-state index contributed by atoms with van der Waals surface area (Å²) in [6, 6.07) is 8.83. The lowest BCUT2D eigenvalue weighted by Crippen LogP contribution is -2.62. The lowest BCUT2D eigenvalue weighted by Gasteiger charge is -2.49. The number of ketones is 1. The number of oxime groups is 1. The summed E-state index contributed by atoms with van der Waals surface area (Å²) in [7, 11) is 0. The van der Waals surface area contributed by atoms with E-state index in [1.807, 2.05) is 24.3 Å². The van der Waals surface area contributed by atoms with Gasteiger partial charge >= 0.3 is 11.9 Å². The van der Waals surface area contributed by atoms with Gasteiger partial charge in [0.05, 0.1) is 11.3 Å². The van der Waals surface area contributed by atoms with Gasteiger partial charge in [0.2, 0.25) is 23.5 Å². The third kappa shape index (κ3) is 7.12. The van der Waals surface area contributed by atoms with E-state index in [-0.39, 0.29) is 45.9 Å². The van der Waals surface area contributed by atoms with Crippen molar-refractivity contribution in [2.45, 2.75) is 37.8 Å². The van der Waals surface area contributed by atoms with Crippen LogP contribution in [0.2, 0.25) is 0 Å². The molecule has 244 valence electrons. The number of carboxylic acid groups (broad SMARTS) is 2. The van der Waals surface area contributed by atoms with E-state index >= 15 is 0 Å². The monoisotopic (exact) mass is 680 g/mol. The molecule has 3 aromatic rings. The summed E-state index contributed by atoms with van der Waals surface area (Å²) in [6.07, 6.45) is 6.12. The molecule has 14 nitrogen and oxygen atoms in total. The van der Waals surface area contributed by atoms with Crippen LogP contribution in [0.15, 0.2) is 70.6 Å². The number of pyridine rings is 1. The number of nitrogens with two attached hydrogens (primary N) is 1.